The van der Waals surface area contributed by atoms with Gasteiger partial charge in [-0.05, 0) is 63.7 Å². The number of aryl methyl sites for hydroxylation is 1. The van der Waals surface area contributed by atoms with Gasteiger partial charge in [0, 0.05) is 25.2 Å². The third-order valence-corrected chi connectivity index (χ3v) is 4.21. The highest BCUT2D eigenvalue weighted by atomic mass is 19.1. The molecule has 2 rings (SSSR count). The molecule has 112 valence electrons. The molecule has 2 atom stereocenters. The van der Waals surface area contributed by atoms with Crippen LogP contribution in [0.15, 0.2) is 18.2 Å². The first kappa shape index (κ1) is 15.4. The average Bonchev–Trinajstić information content (AvgIpc) is 2.80. The molecular formula is C16H26FN3. The van der Waals surface area contributed by atoms with Crippen LogP contribution in [-0.2, 0) is 0 Å². The van der Waals surface area contributed by atoms with Crippen LogP contribution in [0.4, 0.5) is 4.39 Å². The monoisotopic (exact) mass is 279 g/mol. The van der Waals surface area contributed by atoms with Crippen molar-refractivity contribution >= 4 is 0 Å². The van der Waals surface area contributed by atoms with Crippen LogP contribution >= 0.6 is 0 Å². The van der Waals surface area contributed by atoms with Crippen molar-refractivity contribution in [1.29, 1.82) is 0 Å². The molecule has 1 aromatic carbocycles. The molecule has 4 heteroatoms. The first-order chi connectivity index (χ1) is 9.52. The van der Waals surface area contributed by atoms with Crippen LogP contribution in [0.2, 0.25) is 0 Å². The lowest BCUT2D eigenvalue weighted by Crippen LogP contribution is -2.42. The molecule has 1 aromatic rings. The summed E-state index contributed by atoms with van der Waals surface area (Å²) in [7, 11) is 4.22. The Bertz CT molecular complexity index is 447. The van der Waals surface area contributed by atoms with Crippen molar-refractivity contribution in [2.45, 2.75) is 31.8 Å². The molecule has 1 fully saturated rings. The van der Waals surface area contributed by atoms with Gasteiger partial charge in [-0.1, -0.05) is 6.07 Å². The molecule has 0 spiro atoms. The minimum Gasteiger partial charge on any atom is -0.329 e. The smallest absolute Gasteiger partial charge is 0.123 e. The summed E-state index contributed by atoms with van der Waals surface area (Å²) in [6.45, 7) is 4.68. The third kappa shape index (κ3) is 3.37. The lowest BCUT2D eigenvalue weighted by Gasteiger charge is -2.34. The Balaban J connectivity index is 2.22. The van der Waals surface area contributed by atoms with Crippen LogP contribution in [0.3, 0.4) is 0 Å². The van der Waals surface area contributed by atoms with E-state index in [1.165, 1.54) is 18.4 Å². The van der Waals surface area contributed by atoms with E-state index < -0.39 is 0 Å². The van der Waals surface area contributed by atoms with Crippen molar-refractivity contribution in [2.75, 3.05) is 33.7 Å². The summed E-state index contributed by atoms with van der Waals surface area (Å²) in [5.74, 6) is -0.173. The molecular weight excluding hydrogens is 253 g/mol. The Morgan fingerprint density at radius 1 is 1.45 bits per heavy atom. The van der Waals surface area contributed by atoms with Crippen molar-refractivity contribution in [2.24, 2.45) is 5.73 Å². The van der Waals surface area contributed by atoms with E-state index in [4.69, 9.17) is 5.73 Å². The second-order valence-corrected chi connectivity index (χ2v) is 6.05. The Morgan fingerprint density at radius 3 is 2.80 bits per heavy atom. The number of likely N-dealkylation sites (tertiary alicyclic amines) is 1. The van der Waals surface area contributed by atoms with Crippen LogP contribution in [0.25, 0.3) is 0 Å². The van der Waals surface area contributed by atoms with E-state index in [1.54, 1.807) is 12.1 Å². The number of hydrogen-bond donors (Lipinski definition) is 1. The molecule has 1 heterocycles. The number of nitrogens with zero attached hydrogens (tertiary/aromatic N) is 2. The normalized spacial score (nSPS) is 21.6. The topological polar surface area (TPSA) is 32.5 Å². The zero-order valence-electron chi connectivity index (χ0n) is 12.8. The largest absolute Gasteiger partial charge is 0.329 e. The molecule has 0 aromatic heterocycles. The van der Waals surface area contributed by atoms with Gasteiger partial charge in [0.1, 0.15) is 5.82 Å². The summed E-state index contributed by atoms with van der Waals surface area (Å²) >= 11 is 0. The predicted octanol–water partition coefficient (Wildman–Crippen LogP) is 2.16. The van der Waals surface area contributed by atoms with Gasteiger partial charge in [-0.25, -0.2) is 4.39 Å². The van der Waals surface area contributed by atoms with Crippen molar-refractivity contribution in [1.82, 2.24) is 9.80 Å². The molecule has 2 unspecified atom stereocenters. The lowest BCUT2D eigenvalue weighted by molar-refractivity contribution is 0.155. The third-order valence-electron chi connectivity index (χ3n) is 4.21. The van der Waals surface area contributed by atoms with Crippen molar-refractivity contribution < 1.29 is 4.39 Å². The van der Waals surface area contributed by atoms with Crippen LogP contribution < -0.4 is 5.73 Å². The molecule has 3 nitrogen and oxygen atoms in total. The maximum atomic E-state index is 13.3. The summed E-state index contributed by atoms with van der Waals surface area (Å²) in [6, 6.07) is 5.79. The molecule has 20 heavy (non-hydrogen) atoms. The van der Waals surface area contributed by atoms with Crippen LogP contribution in [0, 0.1) is 12.7 Å². The number of benzene rings is 1. The fourth-order valence-electron chi connectivity index (χ4n) is 3.34. The van der Waals surface area contributed by atoms with Gasteiger partial charge in [-0.3, -0.25) is 4.90 Å². The van der Waals surface area contributed by atoms with Gasteiger partial charge in [-0.15, -0.1) is 0 Å². The minimum atomic E-state index is -0.173. The average molecular weight is 279 g/mol. The molecule has 1 saturated heterocycles. The first-order valence-corrected chi connectivity index (χ1v) is 7.39. The van der Waals surface area contributed by atoms with Gasteiger partial charge in [0.25, 0.3) is 0 Å². The van der Waals surface area contributed by atoms with Gasteiger partial charge in [0.2, 0.25) is 0 Å². The second kappa shape index (κ2) is 6.66. The Kier molecular flexibility index (Phi) is 5.13. The van der Waals surface area contributed by atoms with Gasteiger partial charge in [0.15, 0.2) is 0 Å². The number of rotatable bonds is 5. The number of likely N-dealkylation sites (N-methyl/N-ethyl adjacent to an activating group) is 1. The van der Waals surface area contributed by atoms with Crippen molar-refractivity contribution in [3.63, 3.8) is 0 Å². The molecule has 0 bridgehead atoms. The summed E-state index contributed by atoms with van der Waals surface area (Å²) in [4.78, 5) is 4.73. The van der Waals surface area contributed by atoms with Crippen molar-refractivity contribution in [3.05, 3.63) is 35.1 Å². The summed E-state index contributed by atoms with van der Waals surface area (Å²) in [5, 5.41) is 0. The van der Waals surface area contributed by atoms with Gasteiger partial charge in [-0.2, -0.15) is 0 Å². The highest BCUT2D eigenvalue weighted by Gasteiger charge is 2.31. The van der Waals surface area contributed by atoms with Gasteiger partial charge >= 0.3 is 0 Å². The molecule has 0 aliphatic carbocycles. The van der Waals surface area contributed by atoms with E-state index in [0.717, 1.165) is 18.7 Å². The SMILES string of the molecule is Cc1cc(F)ccc1C(CN)N1CCCC1CN(C)C. The Morgan fingerprint density at radius 2 is 2.20 bits per heavy atom. The van der Waals surface area contributed by atoms with Gasteiger partial charge < -0.3 is 10.6 Å². The maximum absolute atomic E-state index is 13.3. The molecule has 0 radical (unpaired) electrons. The van der Waals surface area contributed by atoms with E-state index in [1.807, 2.05) is 13.0 Å². The van der Waals surface area contributed by atoms with E-state index in [9.17, 15) is 4.39 Å². The fraction of sp³-hybridized carbons (Fsp3) is 0.625. The maximum Gasteiger partial charge on any atom is 0.123 e. The molecule has 1 aliphatic heterocycles. The highest BCUT2D eigenvalue weighted by molar-refractivity contribution is 5.30. The summed E-state index contributed by atoms with van der Waals surface area (Å²) < 4.78 is 13.3. The second-order valence-electron chi connectivity index (χ2n) is 6.05. The number of halogens is 1. The van der Waals surface area contributed by atoms with Gasteiger partial charge in [0.05, 0.1) is 0 Å². The van der Waals surface area contributed by atoms with E-state index in [-0.39, 0.29) is 11.9 Å². The Labute approximate surface area is 121 Å². The van der Waals surface area contributed by atoms with Crippen LogP contribution in [0.1, 0.15) is 30.0 Å². The van der Waals surface area contributed by atoms with E-state index in [0.29, 0.717) is 12.6 Å². The van der Waals surface area contributed by atoms with E-state index in [2.05, 4.69) is 23.9 Å². The van der Waals surface area contributed by atoms with Crippen LogP contribution in [0.5, 0.6) is 0 Å². The van der Waals surface area contributed by atoms with Crippen LogP contribution in [-0.4, -0.2) is 49.6 Å². The van der Waals surface area contributed by atoms with Crippen molar-refractivity contribution in [3.8, 4) is 0 Å². The molecule has 1 aliphatic rings. The quantitative estimate of drug-likeness (QED) is 0.896. The molecule has 0 saturated carbocycles. The Hall–Kier alpha value is -0.970. The predicted molar refractivity (Wildman–Crippen MR) is 81.2 cm³/mol. The first-order valence-electron chi connectivity index (χ1n) is 7.39. The minimum absolute atomic E-state index is 0.173. The highest BCUT2D eigenvalue weighted by Crippen LogP contribution is 2.31. The molecule has 0 amide bonds. The zero-order valence-corrected chi connectivity index (χ0v) is 12.8. The standard InChI is InChI=1S/C16H26FN3/c1-12-9-13(17)6-7-15(12)16(10-18)20-8-4-5-14(20)11-19(2)3/h6-7,9,14,16H,4-5,8,10-11,18H2,1-3H3. The fourth-order valence-corrected chi connectivity index (χ4v) is 3.34. The summed E-state index contributed by atoms with van der Waals surface area (Å²) in [6.07, 6.45) is 2.43. The van der Waals surface area contributed by atoms with E-state index >= 15 is 0 Å². The summed E-state index contributed by atoms with van der Waals surface area (Å²) in [5.41, 5.74) is 8.20. The number of nitrogens with two attached hydrogens (primary N) is 1. The zero-order chi connectivity index (χ0) is 14.7. The lowest BCUT2D eigenvalue weighted by atomic mass is 9.99. The molecule has 2 N–H and O–H groups in total. The number of hydrogen-bond acceptors (Lipinski definition) is 3.